The van der Waals surface area contributed by atoms with E-state index < -0.39 is 11.9 Å². The van der Waals surface area contributed by atoms with Gasteiger partial charge >= 0.3 is 0 Å². The van der Waals surface area contributed by atoms with Gasteiger partial charge in [0.25, 0.3) is 5.56 Å². The Hall–Kier alpha value is -2.09. The summed E-state index contributed by atoms with van der Waals surface area (Å²) in [6, 6.07) is 6.64. The normalized spacial score (nSPS) is 15.2. The van der Waals surface area contributed by atoms with Gasteiger partial charge in [0.05, 0.1) is 12.6 Å². The zero-order chi connectivity index (χ0) is 17.2. The van der Waals surface area contributed by atoms with Crippen molar-refractivity contribution in [1.82, 2.24) is 4.57 Å². The largest absolute Gasteiger partial charge is 0.496 e. The zero-order valence-corrected chi connectivity index (χ0v) is 13.6. The van der Waals surface area contributed by atoms with Gasteiger partial charge in [0.2, 0.25) is 0 Å². The lowest BCUT2D eigenvalue weighted by atomic mass is 10.1. The lowest BCUT2D eigenvalue weighted by molar-refractivity contribution is -0.235. The second-order valence-corrected chi connectivity index (χ2v) is 5.35. The molecule has 0 aliphatic rings. The highest BCUT2D eigenvalue weighted by molar-refractivity contribution is 5.90. The molecule has 2 atom stereocenters. The summed E-state index contributed by atoms with van der Waals surface area (Å²) in [7, 11) is 4.40. The molecule has 0 saturated carbocycles. The van der Waals surface area contributed by atoms with Crippen LogP contribution in [0.3, 0.4) is 0 Å². The van der Waals surface area contributed by atoms with Gasteiger partial charge < -0.3 is 29.0 Å². The fourth-order valence-electron chi connectivity index (χ4n) is 2.21. The lowest BCUT2D eigenvalue weighted by Gasteiger charge is -2.27. The number of ether oxygens (including phenoxy) is 3. The van der Waals surface area contributed by atoms with Crippen LogP contribution in [0.4, 0.5) is 0 Å². The molecule has 0 aliphatic carbocycles. The van der Waals surface area contributed by atoms with E-state index in [4.69, 9.17) is 14.2 Å². The summed E-state index contributed by atoms with van der Waals surface area (Å²) in [5.74, 6) is -0.890. The molecule has 2 N–H and O–H groups in total. The summed E-state index contributed by atoms with van der Waals surface area (Å²) < 4.78 is 17.1. The molecule has 2 rings (SSSR count). The van der Waals surface area contributed by atoms with Crippen LogP contribution in [0.15, 0.2) is 29.1 Å². The van der Waals surface area contributed by atoms with Crippen LogP contribution in [0.2, 0.25) is 0 Å². The number of aromatic nitrogens is 1. The Kier molecular flexibility index (Phi) is 4.93. The van der Waals surface area contributed by atoms with Gasteiger partial charge in [-0.05, 0) is 19.1 Å². The fraction of sp³-hybridized carbons (Fsp3) is 0.438. The van der Waals surface area contributed by atoms with Crippen LogP contribution >= 0.6 is 0 Å². The highest BCUT2D eigenvalue weighted by Crippen LogP contribution is 2.30. The summed E-state index contributed by atoms with van der Waals surface area (Å²) in [5, 5.41) is 20.5. The van der Waals surface area contributed by atoms with Gasteiger partial charge in [0, 0.05) is 25.6 Å². The number of pyridine rings is 1. The van der Waals surface area contributed by atoms with E-state index >= 15 is 0 Å². The van der Waals surface area contributed by atoms with E-state index in [1.165, 1.54) is 31.8 Å². The van der Waals surface area contributed by atoms with Crippen LogP contribution < -0.4 is 15.0 Å². The molecule has 0 saturated heterocycles. The maximum atomic E-state index is 12.0. The van der Waals surface area contributed by atoms with Gasteiger partial charge in [0.15, 0.2) is 5.79 Å². The highest BCUT2D eigenvalue weighted by Gasteiger charge is 2.30. The molecule has 1 aromatic heterocycles. The summed E-state index contributed by atoms with van der Waals surface area (Å²) in [6.45, 7) is 1.13. The van der Waals surface area contributed by atoms with Crippen molar-refractivity contribution < 1.29 is 24.4 Å². The van der Waals surface area contributed by atoms with Crippen molar-refractivity contribution >= 4 is 10.9 Å². The molecule has 0 fully saturated rings. The van der Waals surface area contributed by atoms with Gasteiger partial charge in [-0.3, -0.25) is 4.79 Å². The van der Waals surface area contributed by atoms with E-state index in [-0.39, 0.29) is 12.2 Å². The van der Waals surface area contributed by atoms with Crippen LogP contribution in [-0.2, 0) is 11.8 Å². The minimum atomic E-state index is -1.73. The van der Waals surface area contributed by atoms with Crippen molar-refractivity contribution in [2.45, 2.75) is 18.8 Å². The predicted octanol–water partition coefficient (Wildman–Crippen LogP) is 0.642. The number of para-hydroxylation sites is 1. The molecular weight excluding hydrogens is 302 g/mol. The van der Waals surface area contributed by atoms with E-state index in [1.807, 2.05) is 6.07 Å². The summed E-state index contributed by atoms with van der Waals surface area (Å²) in [5.41, 5.74) is 0.302. The quantitative estimate of drug-likeness (QED) is 0.758. The van der Waals surface area contributed by atoms with Crippen LogP contribution in [0.25, 0.3) is 10.9 Å². The average molecular weight is 323 g/mol. The van der Waals surface area contributed by atoms with E-state index in [0.717, 1.165) is 0 Å². The third-order valence-corrected chi connectivity index (χ3v) is 3.83. The Morgan fingerprint density at radius 3 is 2.61 bits per heavy atom. The third-order valence-electron chi connectivity index (χ3n) is 3.83. The van der Waals surface area contributed by atoms with E-state index in [2.05, 4.69) is 0 Å². The molecule has 2 aromatic rings. The number of fused-ring (bicyclic) bond motifs is 1. The molecule has 7 nitrogen and oxygen atoms in total. The Balaban J connectivity index is 2.42. The molecule has 0 spiro atoms. The number of aliphatic hydroxyl groups excluding tert-OH is 1. The number of hydrogen-bond donors (Lipinski definition) is 2. The number of benzene rings is 1. The first kappa shape index (κ1) is 17.3. The summed E-state index contributed by atoms with van der Waals surface area (Å²) >= 11 is 0. The van der Waals surface area contributed by atoms with Crippen LogP contribution in [0.5, 0.6) is 11.5 Å². The fourth-order valence-corrected chi connectivity index (χ4v) is 2.21. The van der Waals surface area contributed by atoms with Gasteiger partial charge in [-0.1, -0.05) is 6.07 Å². The van der Waals surface area contributed by atoms with E-state index in [0.29, 0.717) is 22.4 Å². The average Bonchev–Trinajstić information content (AvgIpc) is 2.55. The predicted molar refractivity (Wildman–Crippen MR) is 84.9 cm³/mol. The summed E-state index contributed by atoms with van der Waals surface area (Å²) in [4.78, 5) is 12.0. The Bertz CT molecular complexity index is 752. The second kappa shape index (κ2) is 6.57. The maximum Gasteiger partial charge on any atom is 0.254 e. The monoisotopic (exact) mass is 323 g/mol. The van der Waals surface area contributed by atoms with Gasteiger partial charge in [-0.2, -0.15) is 0 Å². The number of rotatable bonds is 6. The van der Waals surface area contributed by atoms with Crippen molar-refractivity contribution in [3.63, 3.8) is 0 Å². The Morgan fingerprint density at radius 1 is 1.30 bits per heavy atom. The Morgan fingerprint density at radius 2 is 2.00 bits per heavy atom. The lowest BCUT2D eigenvalue weighted by Crippen LogP contribution is -2.44. The minimum absolute atomic E-state index is 0.203. The Labute approximate surface area is 133 Å². The molecule has 0 aliphatic heterocycles. The topological polar surface area (TPSA) is 90.2 Å². The second-order valence-electron chi connectivity index (χ2n) is 5.35. The zero-order valence-electron chi connectivity index (χ0n) is 13.6. The number of aliphatic hydroxyl groups is 2. The van der Waals surface area contributed by atoms with Crippen LogP contribution in [-0.4, -0.2) is 47.5 Å². The van der Waals surface area contributed by atoms with Crippen molar-refractivity contribution in [2.75, 3.05) is 20.8 Å². The standard InChI is InChI=1S/C16H21NO6/c1-16(20,22-4)13(18)9-23-11-7-5-6-10-12(21-3)8-14(19)17(2)15(10)11/h5-8,13,18,20H,9H2,1-4H3/t13-,16+/m0/s1. The highest BCUT2D eigenvalue weighted by atomic mass is 16.6. The molecule has 126 valence electrons. The SMILES string of the molecule is COc1cc(=O)n(C)c2c(OC[C@H](O)[C@](C)(O)OC)cccc12. The maximum absolute atomic E-state index is 12.0. The molecule has 0 unspecified atom stereocenters. The number of aryl methyl sites for hydroxylation is 1. The molecule has 23 heavy (non-hydrogen) atoms. The van der Waals surface area contributed by atoms with Crippen LogP contribution in [0.1, 0.15) is 6.92 Å². The van der Waals surface area contributed by atoms with Gasteiger partial charge in [-0.15, -0.1) is 0 Å². The van der Waals surface area contributed by atoms with Crippen LogP contribution in [0, 0.1) is 0 Å². The van der Waals surface area contributed by atoms with Crippen molar-refractivity contribution in [2.24, 2.45) is 7.05 Å². The molecule has 0 radical (unpaired) electrons. The van der Waals surface area contributed by atoms with Gasteiger partial charge in [0.1, 0.15) is 24.2 Å². The summed E-state index contributed by atoms with van der Waals surface area (Å²) in [6.07, 6.45) is -1.26. The minimum Gasteiger partial charge on any atom is -0.496 e. The first-order valence-electron chi connectivity index (χ1n) is 7.07. The van der Waals surface area contributed by atoms with Crippen molar-refractivity contribution in [3.8, 4) is 11.5 Å². The smallest absolute Gasteiger partial charge is 0.254 e. The third kappa shape index (κ3) is 3.31. The molecule has 0 amide bonds. The van der Waals surface area contributed by atoms with Crippen molar-refractivity contribution in [3.05, 3.63) is 34.6 Å². The number of methoxy groups -OCH3 is 2. The molecule has 0 bridgehead atoms. The molecule has 1 heterocycles. The first-order chi connectivity index (χ1) is 10.8. The van der Waals surface area contributed by atoms with Gasteiger partial charge in [-0.25, -0.2) is 0 Å². The van der Waals surface area contributed by atoms with Crippen molar-refractivity contribution in [1.29, 1.82) is 0 Å². The molecule has 1 aromatic carbocycles. The molecule has 7 heteroatoms. The van der Waals surface area contributed by atoms with E-state index in [9.17, 15) is 15.0 Å². The molecular formula is C16H21NO6. The first-order valence-corrected chi connectivity index (χ1v) is 7.07. The number of hydrogen-bond acceptors (Lipinski definition) is 6. The number of nitrogens with zero attached hydrogens (tertiary/aromatic N) is 1. The van der Waals surface area contributed by atoms with E-state index in [1.54, 1.807) is 19.2 Å².